The number of nitrogens with two attached hydrogens (primary N) is 1. The number of carbonyl (C=O) groups excluding carboxylic acids is 1. The second kappa shape index (κ2) is 8.32. The molecule has 0 aromatic heterocycles. The summed E-state index contributed by atoms with van der Waals surface area (Å²) in [6, 6.07) is 20.1. The molecule has 30 heavy (non-hydrogen) atoms. The number of thiol groups is 1. The summed E-state index contributed by atoms with van der Waals surface area (Å²) in [5.41, 5.74) is 8.96. The Morgan fingerprint density at radius 3 is 2.47 bits per heavy atom. The van der Waals surface area contributed by atoms with Crippen LogP contribution in [0.15, 0.2) is 65.6 Å². The van der Waals surface area contributed by atoms with Gasteiger partial charge in [-0.3, -0.25) is 9.00 Å². The van der Waals surface area contributed by atoms with Crippen LogP contribution in [0.3, 0.4) is 0 Å². The largest absolute Gasteiger partial charge is 0.339 e. The van der Waals surface area contributed by atoms with Crippen LogP contribution in [0.25, 0.3) is 10.8 Å². The predicted molar refractivity (Wildman–Crippen MR) is 126 cm³/mol. The molecular formula is C25H30N2O2S. The van der Waals surface area contributed by atoms with Crippen molar-refractivity contribution in [3.05, 3.63) is 77.4 Å². The number of likely N-dealkylation sites (tertiary alicyclic amines) is 1. The number of piperidine rings is 1. The zero-order chi connectivity index (χ0) is 21.3. The normalized spacial score (nSPS) is 16.0. The lowest BCUT2D eigenvalue weighted by molar-refractivity contribution is 0.0715. The Balaban J connectivity index is 1.55. The summed E-state index contributed by atoms with van der Waals surface area (Å²) in [6.45, 7) is 2.04. The van der Waals surface area contributed by atoms with E-state index in [9.17, 15) is 9.00 Å². The van der Waals surface area contributed by atoms with E-state index in [0.717, 1.165) is 47.2 Å². The minimum Gasteiger partial charge on any atom is -0.339 e. The molecule has 1 aliphatic heterocycles. The SMILES string of the molecule is C[SH](C)(=O)c1ccc2cccc(C(=O)N3CCC(c4cccc(CN)c4)CC3)c2c1. The van der Waals surface area contributed by atoms with Crippen LogP contribution in [-0.4, -0.2) is 40.6 Å². The second-order valence-corrected chi connectivity index (χ2v) is 11.8. The van der Waals surface area contributed by atoms with Crippen molar-refractivity contribution >= 4 is 26.6 Å². The summed E-state index contributed by atoms with van der Waals surface area (Å²) in [5, 5.41) is 1.90. The van der Waals surface area contributed by atoms with E-state index in [2.05, 4.69) is 24.3 Å². The van der Waals surface area contributed by atoms with Gasteiger partial charge in [0.2, 0.25) is 0 Å². The molecule has 1 heterocycles. The molecule has 158 valence electrons. The Bertz CT molecular complexity index is 1130. The third-order valence-electron chi connectivity index (χ3n) is 6.16. The molecule has 4 nitrogen and oxygen atoms in total. The first kappa shape index (κ1) is 20.8. The first-order chi connectivity index (χ1) is 14.4. The van der Waals surface area contributed by atoms with Crippen LogP contribution < -0.4 is 5.73 Å². The molecule has 1 fully saturated rings. The Labute approximate surface area is 179 Å². The molecule has 0 saturated carbocycles. The van der Waals surface area contributed by atoms with Crippen molar-refractivity contribution in [2.24, 2.45) is 5.73 Å². The summed E-state index contributed by atoms with van der Waals surface area (Å²) in [4.78, 5) is 16.1. The molecule has 1 saturated heterocycles. The van der Waals surface area contributed by atoms with Gasteiger partial charge in [0.25, 0.3) is 5.91 Å². The smallest absolute Gasteiger partial charge is 0.254 e. The van der Waals surface area contributed by atoms with Gasteiger partial charge in [0.15, 0.2) is 0 Å². The van der Waals surface area contributed by atoms with E-state index in [1.165, 1.54) is 5.56 Å². The second-order valence-electron chi connectivity index (χ2n) is 8.58. The van der Waals surface area contributed by atoms with E-state index >= 15 is 0 Å². The van der Waals surface area contributed by atoms with E-state index < -0.39 is 9.93 Å². The number of fused-ring (bicyclic) bond motifs is 1. The zero-order valence-corrected chi connectivity index (χ0v) is 18.6. The van der Waals surface area contributed by atoms with Crippen molar-refractivity contribution in [3.63, 3.8) is 0 Å². The van der Waals surface area contributed by atoms with Gasteiger partial charge in [-0.1, -0.05) is 52.4 Å². The lowest BCUT2D eigenvalue weighted by atomic mass is 9.88. The molecule has 2 N–H and O–H groups in total. The maximum Gasteiger partial charge on any atom is 0.254 e. The molecule has 1 amide bonds. The molecule has 3 aromatic rings. The molecular weight excluding hydrogens is 392 g/mol. The summed E-state index contributed by atoms with van der Waals surface area (Å²) < 4.78 is 12.6. The highest BCUT2D eigenvalue weighted by Gasteiger charge is 2.25. The molecule has 4 rings (SSSR count). The fourth-order valence-corrected chi connectivity index (χ4v) is 5.22. The maximum absolute atomic E-state index is 13.4. The third kappa shape index (κ3) is 4.18. The zero-order valence-electron chi connectivity index (χ0n) is 17.7. The van der Waals surface area contributed by atoms with Crippen LogP contribution in [0.1, 0.15) is 40.2 Å². The Hall–Kier alpha value is -2.50. The standard InChI is InChI=1S/C25H30N2O2S/c1-30(2,29)22-10-9-20-6-4-8-23(24(20)16-22)25(28)27-13-11-19(12-14-27)21-7-3-5-18(15-21)17-26/h3-10,15-16,19,30H,11-14,17,26H2,1-2H3. The lowest BCUT2D eigenvalue weighted by Crippen LogP contribution is -2.38. The molecule has 0 unspecified atom stereocenters. The van der Waals surface area contributed by atoms with Crippen LogP contribution in [0.5, 0.6) is 0 Å². The van der Waals surface area contributed by atoms with Crippen molar-refractivity contribution in [1.29, 1.82) is 0 Å². The van der Waals surface area contributed by atoms with E-state index in [1.807, 2.05) is 41.3 Å². The topological polar surface area (TPSA) is 63.4 Å². The van der Waals surface area contributed by atoms with Crippen LogP contribution in [-0.2, 0) is 16.5 Å². The van der Waals surface area contributed by atoms with E-state index in [4.69, 9.17) is 5.73 Å². The summed E-state index contributed by atoms with van der Waals surface area (Å²) >= 11 is 0. The highest BCUT2D eigenvalue weighted by atomic mass is 32.2. The van der Waals surface area contributed by atoms with Crippen LogP contribution >= 0.6 is 0 Å². The highest BCUT2D eigenvalue weighted by molar-refractivity contribution is 8.01. The van der Waals surface area contributed by atoms with Gasteiger partial charge < -0.3 is 10.6 Å². The van der Waals surface area contributed by atoms with Gasteiger partial charge in [0.1, 0.15) is 0 Å². The van der Waals surface area contributed by atoms with Crippen LogP contribution in [0, 0.1) is 0 Å². The number of carbonyl (C=O) groups is 1. The van der Waals surface area contributed by atoms with Gasteiger partial charge >= 0.3 is 0 Å². The number of nitrogens with zero attached hydrogens (tertiary/aromatic N) is 1. The van der Waals surface area contributed by atoms with Crippen molar-refractivity contribution in [2.45, 2.75) is 30.2 Å². The first-order valence-corrected chi connectivity index (χ1v) is 13.1. The Morgan fingerprint density at radius 1 is 1.03 bits per heavy atom. The maximum atomic E-state index is 13.4. The molecule has 0 atom stereocenters. The van der Waals surface area contributed by atoms with Crippen LogP contribution in [0.2, 0.25) is 0 Å². The van der Waals surface area contributed by atoms with Crippen molar-refractivity contribution in [2.75, 3.05) is 25.6 Å². The van der Waals surface area contributed by atoms with Gasteiger partial charge in [-0.25, -0.2) is 0 Å². The van der Waals surface area contributed by atoms with Crippen molar-refractivity contribution in [3.8, 4) is 0 Å². The van der Waals surface area contributed by atoms with E-state index in [1.54, 1.807) is 12.5 Å². The van der Waals surface area contributed by atoms with Crippen LogP contribution in [0.4, 0.5) is 0 Å². The predicted octanol–water partition coefficient (Wildman–Crippen LogP) is 3.95. The average Bonchev–Trinajstić information content (AvgIpc) is 2.77. The summed E-state index contributed by atoms with van der Waals surface area (Å²) in [5.74, 6) is 0.527. The van der Waals surface area contributed by atoms with Gasteiger partial charge in [-0.2, -0.15) is 0 Å². The number of amides is 1. The molecule has 5 heteroatoms. The molecule has 0 bridgehead atoms. The number of hydrogen-bond acceptors (Lipinski definition) is 3. The first-order valence-electron chi connectivity index (χ1n) is 10.5. The average molecular weight is 423 g/mol. The van der Waals surface area contributed by atoms with Gasteiger partial charge in [-0.05, 0) is 71.4 Å². The van der Waals surface area contributed by atoms with E-state index in [0.29, 0.717) is 18.0 Å². The van der Waals surface area contributed by atoms with Gasteiger partial charge in [0.05, 0.1) is 0 Å². The Morgan fingerprint density at radius 2 is 1.77 bits per heavy atom. The highest BCUT2D eigenvalue weighted by Crippen LogP contribution is 2.31. The Kier molecular flexibility index (Phi) is 5.76. The number of benzene rings is 3. The molecule has 0 radical (unpaired) electrons. The van der Waals surface area contributed by atoms with Gasteiger partial charge in [0, 0.05) is 30.1 Å². The van der Waals surface area contributed by atoms with Crippen molar-refractivity contribution in [1.82, 2.24) is 4.90 Å². The molecule has 0 spiro atoms. The third-order valence-corrected chi connectivity index (χ3v) is 7.68. The fraction of sp³-hybridized carbons (Fsp3) is 0.320. The number of hydrogen-bond donors (Lipinski definition) is 2. The summed E-state index contributed by atoms with van der Waals surface area (Å²) in [6.07, 6.45) is 5.44. The molecule has 3 aromatic carbocycles. The monoisotopic (exact) mass is 422 g/mol. The minimum atomic E-state index is -2.39. The fourth-order valence-electron chi connectivity index (χ4n) is 4.34. The quantitative estimate of drug-likeness (QED) is 0.626. The van der Waals surface area contributed by atoms with E-state index in [-0.39, 0.29) is 5.91 Å². The molecule has 1 aliphatic rings. The lowest BCUT2D eigenvalue weighted by Gasteiger charge is -2.32. The summed E-state index contributed by atoms with van der Waals surface area (Å²) in [7, 11) is -2.39. The van der Waals surface area contributed by atoms with Crippen molar-refractivity contribution < 1.29 is 9.00 Å². The number of rotatable bonds is 4. The molecule has 0 aliphatic carbocycles. The minimum absolute atomic E-state index is 0.0638. The van der Waals surface area contributed by atoms with Gasteiger partial charge in [-0.15, -0.1) is 0 Å².